The Morgan fingerprint density at radius 2 is 1.95 bits per heavy atom. The average molecular weight is 332 g/mol. The van der Waals surface area contributed by atoms with Crippen LogP contribution in [0.15, 0.2) is 29.2 Å². The molecule has 1 aromatic rings. The number of rotatable bonds is 10. The zero-order valence-corrected chi connectivity index (χ0v) is 14.5. The summed E-state index contributed by atoms with van der Waals surface area (Å²) in [5.74, 6) is 1.46. The van der Waals surface area contributed by atoms with Crippen molar-refractivity contribution in [1.29, 1.82) is 0 Å². The van der Waals surface area contributed by atoms with Gasteiger partial charge in [0.25, 0.3) is 0 Å². The number of thioether (sulfide) groups is 1. The van der Waals surface area contributed by atoms with Crippen LogP contribution in [0.3, 0.4) is 0 Å². The van der Waals surface area contributed by atoms with Crippen molar-refractivity contribution in [1.82, 2.24) is 9.62 Å². The van der Waals surface area contributed by atoms with Crippen molar-refractivity contribution in [3.8, 4) is 5.75 Å². The Morgan fingerprint density at radius 1 is 1.29 bits per heavy atom. The Kier molecular flexibility index (Phi) is 8.10. The Balaban J connectivity index is 2.63. The molecule has 120 valence electrons. The lowest BCUT2D eigenvalue weighted by Gasteiger charge is -2.16. The minimum atomic E-state index is -3.41. The van der Waals surface area contributed by atoms with Gasteiger partial charge in [0.1, 0.15) is 12.4 Å². The van der Waals surface area contributed by atoms with Crippen LogP contribution in [-0.2, 0) is 10.0 Å². The third kappa shape index (κ3) is 5.86. The van der Waals surface area contributed by atoms with E-state index in [1.807, 2.05) is 13.2 Å². The molecule has 0 spiro atoms. The first-order valence-electron chi connectivity index (χ1n) is 6.91. The summed E-state index contributed by atoms with van der Waals surface area (Å²) < 4.78 is 31.5. The Hall–Kier alpha value is -0.760. The molecular formula is C14H24N2O3S2. The highest BCUT2D eigenvalue weighted by molar-refractivity contribution is 7.98. The topological polar surface area (TPSA) is 58.6 Å². The van der Waals surface area contributed by atoms with Gasteiger partial charge < -0.3 is 10.1 Å². The zero-order chi connectivity index (χ0) is 15.7. The minimum absolute atomic E-state index is 0.296. The van der Waals surface area contributed by atoms with Crippen LogP contribution in [0.5, 0.6) is 5.75 Å². The van der Waals surface area contributed by atoms with Gasteiger partial charge in [-0.3, -0.25) is 0 Å². The van der Waals surface area contributed by atoms with Crippen molar-refractivity contribution < 1.29 is 13.2 Å². The van der Waals surface area contributed by atoms with E-state index in [1.165, 1.54) is 4.31 Å². The molecule has 0 bridgehead atoms. The second-order valence-electron chi connectivity index (χ2n) is 4.49. The zero-order valence-electron chi connectivity index (χ0n) is 12.8. The van der Waals surface area contributed by atoms with E-state index in [2.05, 4.69) is 5.32 Å². The number of nitrogens with zero attached hydrogens (tertiary/aromatic N) is 1. The molecular weight excluding hydrogens is 308 g/mol. The Labute approximate surface area is 132 Å². The van der Waals surface area contributed by atoms with Crippen molar-refractivity contribution in [3.05, 3.63) is 24.3 Å². The van der Waals surface area contributed by atoms with Crippen molar-refractivity contribution in [2.24, 2.45) is 0 Å². The summed E-state index contributed by atoms with van der Waals surface area (Å²) in [5, 5.41) is 3.16. The molecule has 0 heterocycles. The Morgan fingerprint density at radius 3 is 2.52 bits per heavy atom. The largest absolute Gasteiger partial charge is 0.492 e. The number of nitrogens with one attached hydrogen (secondary N) is 1. The average Bonchev–Trinajstić information content (AvgIpc) is 2.49. The van der Waals surface area contributed by atoms with Crippen molar-refractivity contribution in [2.75, 3.05) is 45.3 Å². The van der Waals surface area contributed by atoms with Gasteiger partial charge in [0.05, 0.1) is 4.90 Å². The van der Waals surface area contributed by atoms with E-state index in [-0.39, 0.29) is 0 Å². The van der Waals surface area contributed by atoms with Crippen LogP contribution in [0.1, 0.15) is 6.92 Å². The highest BCUT2D eigenvalue weighted by Gasteiger charge is 2.19. The molecule has 1 rings (SSSR count). The third-order valence-electron chi connectivity index (χ3n) is 2.94. The van der Waals surface area contributed by atoms with Crippen LogP contribution in [0.2, 0.25) is 0 Å². The van der Waals surface area contributed by atoms with Gasteiger partial charge in [0.15, 0.2) is 0 Å². The summed E-state index contributed by atoms with van der Waals surface area (Å²) in [5.41, 5.74) is 0. The molecule has 0 aliphatic carbocycles. The highest BCUT2D eigenvalue weighted by Crippen LogP contribution is 2.19. The van der Waals surface area contributed by atoms with Crippen LogP contribution in [0.4, 0.5) is 0 Å². The minimum Gasteiger partial charge on any atom is -0.492 e. The van der Waals surface area contributed by atoms with Crippen LogP contribution in [0, 0.1) is 0 Å². The monoisotopic (exact) mass is 332 g/mol. The van der Waals surface area contributed by atoms with E-state index >= 15 is 0 Å². The molecule has 0 aromatic heterocycles. The first-order valence-corrected chi connectivity index (χ1v) is 9.74. The van der Waals surface area contributed by atoms with Gasteiger partial charge in [-0.25, -0.2) is 12.7 Å². The molecule has 0 saturated heterocycles. The molecule has 1 aromatic carbocycles. The van der Waals surface area contributed by atoms with Crippen molar-refractivity contribution >= 4 is 21.8 Å². The molecule has 21 heavy (non-hydrogen) atoms. The first kappa shape index (κ1) is 18.3. The fraction of sp³-hybridized carbons (Fsp3) is 0.571. The molecule has 5 nitrogen and oxygen atoms in total. The summed E-state index contributed by atoms with van der Waals surface area (Å²) in [6.07, 6.45) is 1.96. The van der Waals surface area contributed by atoms with E-state index in [0.717, 1.165) is 18.8 Å². The maximum atomic E-state index is 12.3. The number of hydrogen-bond donors (Lipinski definition) is 1. The van der Waals surface area contributed by atoms with Gasteiger partial charge in [0, 0.05) is 25.9 Å². The number of hydrogen-bond acceptors (Lipinski definition) is 5. The van der Waals surface area contributed by atoms with Crippen LogP contribution < -0.4 is 10.1 Å². The smallest absolute Gasteiger partial charge is 0.242 e. The molecule has 0 fully saturated rings. The molecule has 0 atom stereocenters. The van der Waals surface area contributed by atoms with Gasteiger partial charge >= 0.3 is 0 Å². The van der Waals surface area contributed by atoms with Gasteiger partial charge in [-0.05, 0) is 37.1 Å². The maximum absolute atomic E-state index is 12.3. The van der Waals surface area contributed by atoms with Gasteiger partial charge in [-0.2, -0.15) is 11.8 Å². The molecule has 0 unspecified atom stereocenters. The molecule has 0 amide bonds. The SMILES string of the molecule is CCNCCOc1ccc(S(=O)(=O)N(C)CCSC)cc1. The predicted molar refractivity (Wildman–Crippen MR) is 88.7 cm³/mol. The highest BCUT2D eigenvalue weighted by atomic mass is 32.2. The quantitative estimate of drug-likeness (QED) is 0.660. The van der Waals surface area contributed by atoms with Crippen molar-refractivity contribution in [2.45, 2.75) is 11.8 Å². The number of sulfonamides is 1. The van der Waals surface area contributed by atoms with E-state index < -0.39 is 10.0 Å². The van der Waals surface area contributed by atoms with Crippen LogP contribution >= 0.6 is 11.8 Å². The number of benzene rings is 1. The summed E-state index contributed by atoms with van der Waals surface area (Å²) in [4.78, 5) is 0.296. The van der Waals surface area contributed by atoms with Gasteiger partial charge in [-0.1, -0.05) is 6.92 Å². The lowest BCUT2D eigenvalue weighted by molar-refractivity contribution is 0.315. The number of ether oxygens (including phenoxy) is 1. The fourth-order valence-electron chi connectivity index (χ4n) is 1.65. The third-order valence-corrected chi connectivity index (χ3v) is 5.40. The Bertz CT molecular complexity index is 503. The lowest BCUT2D eigenvalue weighted by atomic mass is 10.3. The molecule has 0 saturated carbocycles. The van der Waals surface area contributed by atoms with E-state index in [1.54, 1.807) is 43.1 Å². The molecule has 0 aliphatic heterocycles. The lowest BCUT2D eigenvalue weighted by Crippen LogP contribution is -2.29. The predicted octanol–water partition coefficient (Wildman–Crippen LogP) is 1.66. The van der Waals surface area contributed by atoms with E-state index in [4.69, 9.17) is 4.74 Å². The molecule has 7 heteroatoms. The first-order chi connectivity index (χ1) is 10.0. The van der Waals surface area contributed by atoms with Crippen LogP contribution in [-0.4, -0.2) is 58.0 Å². The summed E-state index contributed by atoms with van der Waals surface area (Å²) in [7, 11) is -1.80. The molecule has 0 radical (unpaired) electrons. The molecule has 1 N–H and O–H groups in total. The summed E-state index contributed by atoms with van der Waals surface area (Å²) >= 11 is 1.62. The second-order valence-corrected chi connectivity index (χ2v) is 7.52. The van der Waals surface area contributed by atoms with Gasteiger partial charge in [-0.15, -0.1) is 0 Å². The maximum Gasteiger partial charge on any atom is 0.242 e. The molecule has 0 aliphatic rings. The van der Waals surface area contributed by atoms with Gasteiger partial charge in [0.2, 0.25) is 10.0 Å². The second kappa shape index (κ2) is 9.30. The standard InChI is InChI=1S/C14H24N2O3S2/c1-4-15-9-11-19-13-5-7-14(8-6-13)21(17,18)16(2)10-12-20-3/h5-8,15H,4,9-12H2,1-3H3. The van der Waals surface area contributed by atoms with E-state index in [0.29, 0.717) is 23.8 Å². The summed E-state index contributed by atoms with van der Waals surface area (Å²) in [6, 6.07) is 6.57. The van der Waals surface area contributed by atoms with Crippen molar-refractivity contribution in [3.63, 3.8) is 0 Å². The fourth-order valence-corrected chi connectivity index (χ4v) is 3.39. The van der Waals surface area contributed by atoms with Crippen LogP contribution in [0.25, 0.3) is 0 Å². The normalized spacial score (nSPS) is 11.8. The van der Waals surface area contributed by atoms with E-state index in [9.17, 15) is 8.42 Å². The number of likely N-dealkylation sites (N-methyl/N-ethyl adjacent to an activating group) is 1. The summed E-state index contributed by atoms with van der Waals surface area (Å²) in [6.45, 7) is 4.78.